The first-order valence-corrected chi connectivity index (χ1v) is 4.01. The zero-order chi connectivity index (χ0) is 7.40. The van der Waals surface area contributed by atoms with E-state index in [1.807, 2.05) is 6.92 Å². The lowest BCUT2D eigenvalue weighted by atomic mass is 10.3. The lowest BCUT2D eigenvalue weighted by Crippen LogP contribution is -2.18. The highest BCUT2D eigenvalue weighted by molar-refractivity contribution is 4.66. The second-order valence-electron chi connectivity index (χ2n) is 2.85. The molecule has 0 aromatic carbocycles. The Morgan fingerprint density at radius 3 is 2.40 bits per heavy atom. The van der Waals surface area contributed by atoms with Crippen molar-refractivity contribution >= 4 is 0 Å². The minimum Gasteiger partial charge on any atom is -0.356 e. The molecule has 1 aliphatic rings. The first-order chi connectivity index (χ1) is 4.83. The van der Waals surface area contributed by atoms with Gasteiger partial charge in [0.25, 0.3) is 0 Å². The molecule has 0 saturated heterocycles. The van der Waals surface area contributed by atoms with Gasteiger partial charge in [-0.25, -0.2) is 0 Å². The molecule has 1 fully saturated rings. The Balaban J connectivity index is 2.11. The van der Waals surface area contributed by atoms with Gasteiger partial charge in [0, 0.05) is 7.11 Å². The quantitative estimate of drug-likeness (QED) is 0.563. The number of hydrogen-bond donors (Lipinski definition) is 0. The van der Waals surface area contributed by atoms with Crippen LogP contribution in [0, 0.1) is 0 Å². The van der Waals surface area contributed by atoms with Crippen molar-refractivity contribution in [3.8, 4) is 0 Å². The van der Waals surface area contributed by atoms with E-state index in [2.05, 4.69) is 0 Å². The second-order valence-corrected chi connectivity index (χ2v) is 2.85. The Morgan fingerprint density at radius 2 is 1.90 bits per heavy atom. The third-order valence-corrected chi connectivity index (χ3v) is 2.02. The van der Waals surface area contributed by atoms with Crippen LogP contribution in [0.3, 0.4) is 0 Å². The van der Waals surface area contributed by atoms with Crippen molar-refractivity contribution in [3.05, 3.63) is 0 Å². The standard InChI is InChI=1S/C8H16O2/c1-7(9-2)10-8-5-3-4-6-8/h7-8H,3-6H2,1-2H3. The van der Waals surface area contributed by atoms with Crippen molar-refractivity contribution in [2.45, 2.75) is 45.0 Å². The van der Waals surface area contributed by atoms with Crippen LogP contribution in [0.4, 0.5) is 0 Å². The molecule has 0 radical (unpaired) electrons. The predicted octanol–water partition coefficient (Wildman–Crippen LogP) is 1.94. The SMILES string of the molecule is COC(C)OC1CCCC1. The molecule has 2 heteroatoms. The highest BCUT2D eigenvalue weighted by atomic mass is 16.7. The molecule has 0 amide bonds. The largest absolute Gasteiger partial charge is 0.356 e. The molecule has 1 saturated carbocycles. The molecule has 0 heterocycles. The molecular formula is C8H16O2. The molecule has 1 aliphatic carbocycles. The molecule has 60 valence electrons. The number of hydrogen-bond acceptors (Lipinski definition) is 2. The molecular weight excluding hydrogens is 128 g/mol. The third kappa shape index (κ3) is 2.27. The maximum Gasteiger partial charge on any atom is 0.154 e. The van der Waals surface area contributed by atoms with Gasteiger partial charge in [-0.1, -0.05) is 12.8 Å². The van der Waals surface area contributed by atoms with Crippen molar-refractivity contribution in [3.63, 3.8) is 0 Å². The molecule has 1 unspecified atom stereocenters. The van der Waals surface area contributed by atoms with Gasteiger partial charge in [-0.3, -0.25) is 0 Å². The zero-order valence-corrected chi connectivity index (χ0v) is 6.80. The summed E-state index contributed by atoms with van der Waals surface area (Å²) in [7, 11) is 1.68. The minimum atomic E-state index is -0.0249. The summed E-state index contributed by atoms with van der Waals surface area (Å²) in [5.41, 5.74) is 0. The van der Waals surface area contributed by atoms with Crippen LogP contribution in [0.2, 0.25) is 0 Å². The van der Waals surface area contributed by atoms with E-state index in [1.165, 1.54) is 25.7 Å². The van der Waals surface area contributed by atoms with Crippen LogP contribution in [0.1, 0.15) is 32.6 Å². The number of ether oxygens (including phenoxy) is 2. The van der Waals surface area contributed by atoms with E-state index in [0.717, 1.165) is 0 Å². The summed E-state index contributed by atoms with van der Waals surface area (Å²) in [5, 5.41) is 0. The zero-order valence-electron chi connectivity index (χ0n) is 6.80. The van der Waals surface area contributed by atoms with Crippen LogP contribution in [0.15, 0.2) is 0 Å². The van der Waals surface area contributed by atoms with Gasteiger partial charge in [-0.15, -0.1) is 0 Å². The van der Waals surface area contributed by atoms with Crippen molar-refractivity contribution in [1.29, 1.82) is 0 Å². The Morgan fingerprint density at radius 1 is 1.30 bits per heavy atom. The van der Waals surface area contributed by atoms with Crippen LogP contribution >= 0.6 is 0 Å². The third-order valence-electron chi connectivity index (χ3n) is 2.02. The summed E-state index contributed by atoms with van der Waals surface area (Å²) in [6.07, 6.45) is 5.52. The monoisotopic (exact) mass is 144 g/mol. The highest BCUT2D eigenvalue weighted by Gasteiger charge is 2.17. The first-order valence-electron chi connectivity index (χ1n) is 4.01. The van der Waals surface area contributed by atoms with Gasteiger partial charge in [0.2, 0.25) is 0 Å². The molecule has 0 N–H and O–H groups in total. The molecule has 0 aromatic heterocycles. The predicted molar refractivity (Wildman–Crippen MR) is 39.8 cm³/mol. The molecule has 0 aromatic rings. The van der Waals surface area contributed by atoms with Crippen LogP contribution < -0.4 is 0 Å². The van der Waals surface area contributed by atoms with Crippen molar-refractivity contribution in [1.82, 2.24) is 0 Å². The second kappa shape index (κ2) is 3.94. The summed E-state index contributed by atoms with van der Waals surface area (Å²) in [4.78, 5) is 0. The van der Waals surface area contributed by atoms with Crippen LogP contribution in [-0.2, 0) is 9.47 Å². The molecule has 10 heavy (non-hydrogen) atoms. The molecule has 0 aliphatic heterocycles. The van der Waals surface area contributed by atoms with Gasteiger partial charge in [0.05, 0.1) is 6.10 Å². The van der Waals surface area contributed by atoms with Gasteiger partial charge < -0.3 is 9.47 Å². The van der Waals surface area contributed by atoms with Gasteiger partial charge >= 0.3 is 0 Å². The molecule has 0 spiro atoms. The Bertz CT molecular complexity index is 87.3. The summed E-state index contributed by atoms with van der Waals surface area (Å²) in [5.74, 6) is 0. The smallest absolute Gasteiger partial charge is 0.154 e. The normalized spacial score (nSPS) is 23.4. The van der Waals surface area contributed by atoms with E-state index >= 15 is 0 Å². The van der Waals surface area contributed by atoms with E-state index in [4.69, 9.17) is 9.47 Å². The Kier molecular flexibility index (Phi) is 3.16. The summed E-state index contributed by atoms with van der Waals surface area (Å²) in [6.45, 7) is 1.94. The average molecular weight is 144 g/mol. The van der Waals surface area contributed by atoms with E-state index in [-0.39, 0.29) is 6.29 Å². The number of methoxy groups -OCH3 is 1. The topological polar surface area (TPSA) is 18.5 Å². The van der Waals surface area contributed by atoms with Crippen LogP contribution in [0.5, 0.6) is 0 Å². The highest BCUT2D eigenvalue weighted by Crippen LogP contribution is 2.21. The van der Waals surface area contributed by atoms with E-state index in [1.54, 1.807) is 7.11 Å². The summed E-state index contributed by atoms with van der Waals surface area (Å²) >= 11 is 0. The Labute approximate surface area is 62.5 Å². The fourth-order valence-corrected chi connectivity index (χ4v) is 1.35. The van der Waals surface area contributed by atoms with E-state index in [0.29, 0.717) is 6.10 Å². The van der Waals surface area contributed by atoms with E-state index in [9.17, 15) is 0 Å². The van der Waals surface area contributed by atoms with Gasteiger partial charge in [0.1, 0.15) is 0 Å². The van der Waals surface area contributed by atoms with Gasteiger partial charge in [-0.2, -0.15) is 0 Å². The first kappa shape index (κ1) is 8.02. The maximum atomic E-state index is 5.54. The molecule has 1 atom stereocenters. The summed E-state index contributed by atoms with van der Waals surface area (Å²) in [6, 6.07) is 0. The maximum absolute atomic E-state index is 5.54. The van der Waals surface area contributed by atoms with E-state index < -0.39 is 0 Å². The van der Waals surface area contributed by atoms with Crippen LogP contribution in [-0.4, -0.2) is 19.5 Å². The summed E-state index contributed by atoms with van der Waals surface area (Å²) < 4.78 is 10.5. The van der Waals surface area contributed by atoms with Crippen molar-refractivity contribution in [2.24, 2.45) is 0 Å². The van der Waals surface area contributed by atoms with Crippen molar-refractivity contribution < 1.29 is 9.47 Å². The van der Waals surface area contributed by atoms with Gasteiger partial charge in [-0.05, 0) is 19.8 Å². The number of rotatable bonds is 3. The lowest BCUT2D eigenvalue weighted by Gasteiger charge is -2.16. The van der Waals surface area contributed by atoms with Crippen molar-refractivity contribution in [2.75, 3.05) is 7.11 Å². The minimum absolute atomic E-state index is 0.0249. The fourth-order valence-electron chi connectivity index (χ4n) is 1.35. The Hall–Kier alpha value is -0.0800. The fraction of sp³-hybridized carbons (Fsp3) is 1.00. The molecule has 1 rings (SSSR count). The van der Waals surface area contributed by atoms with Crippen LogP contribution in [0.25, 0.3) is 0 Å². The molecule has 2 nitrogen and oxygen atoms in total. The lowest BCUT2D eigenvalue weighted by molar-refractivity contribution is -0.141. The average Bonchev–Trinajstić information content (AvgIpc) is 2.40. The van der Waals surface area contributed by atoms with Gasteiger partial charge in [0.15, 0.2) is 6.29 Å². The molecule has 0 bridgehead atoms.